The zero-order valence-corrected chi connectivity index (χ0v) is 6.48. The Hall–Kier alpha value is -0.0400. The van der Waals surface area contributed by atoms with Crippen LogP contribution in [0.4, 0.5) is 0 Å². The molecule has 1 aliphatic heterocycles. The molecule has 1 saturated heterocycles. The molecule has 0 radical (unpaired) electrons. The van der Waals surface area contributed by atoms with E-state index in [1.54, 1.807) is 0 Å². The molecule has 1 fully saturated rings. The maximum absolute atomic E-state index is 3.44. The second kappa shape index (κ2) is 3.21. The van der Waals surface area contributed by atoms with Crippen LogP contribution >= 0.6 is 0 Å². The molecular weight excluding hydrogens is 110 g/mol. The molecule has 2 atom stereocenters. The van der Waals surface area contributed by atoms with Gasteiger partial charge in [0.05, 0.1) is 0 Å². The van der Waals surface area contributed by atoms with Gasteiger partial charge in [-0.2, -0.15) is 0 Å². The molecule has 9 heavy (non-hydrogen) atoms. The molecule has 0 unspecified atom stereocenters. The number of hydrogen-bond donors (Lipinski definition) is 1. The zero-order chi connectivity index (χ0) is 6.69. The van der Waals surface area contributed by atoms with Gasteiger partial charge in [0.25, 0.3) is 0 Å². The lowest BCUT2D eigenvalue weighted by atomic mass is 9.90. The molecule has 0 spiro atoms. The fraction of sp³-hybridized carbons (Fsp3) is 1.00. The van der Waals surface area contributed by atoms with Crippen LogP contribution < -0.4 is 5.32 Å². The molecule has 0 aromatic heterocycles. The Balaban J connectivity index is 2.23. The highest BCUT2D eigenvalue weighted by atomic mass is 14.9. The van der Waals surface area contributed by atoms with Crippen molar-refractivity contribution in [2.75, 3.05) is 13.1 Å². The Morgan fingerprint density at radius 2 is 2.22 bits per heavy atom. The first kappa shape index (κ1) is 7.07. The summed E-state index contributed by atoms with van der Waals surface area (Å²) in [4.78, 5) is 0. The van der Waals surface area contributed by atoms with Gasteiger partial charge in [-0.15, -0.1) is 0 Å². The van der Waals surface area contributed by atoms with E-state index in [2.05, 4.69) is 19.2 Å². The number of hydrogen-bond acceptors (Lipinski definition) is 1. The number of piperidine rings is 1. The van der Waals surface area contributed by atoms with Gasteiger partial charge < -0.3 is 5.32 Å². The molecule has 0 aromatic carbocycles. The summed E-state index contributed by atoms with van der Waals surface area (Å²) in [5.74, 6) is 1.86. The normalized spacial score (nSPS) is 36.7. The Labute approximate surface area is 57.8 Å². The molecule has 0 bridgehead atoms. The van der Waals surface area contributed by atoms with E-state index < -0.39 is 0 Å². The van der Waals surface area contributed by atoms with Gasteiger partial charge in [0.1, 0.15) is 0 Å². The fourth-order valence-corrected chi connectivity index (χ4v) is 1.58. The first-order chi connectivity index (χ1) is 4.33. The van der Waals surface area contributed by atoms with E-state index in [9.17, 15) is 0 Å². The molecule has 1 nitrogen and oxygen atoms in total. The first-order valence-electron chi connectivity index (χ1n) is 4.03. The van der Waals surface area contributed by atoms with Gasteiger partial charge in [0.2, 0.25) is 0 Å². The van der Waals surface area contributed by atoms with Crippen molar-refractivity contribution in [3.63, 3.8) is 0 Å². The molecule has 1 rings (SSSR count). The summed E-state index contributed by atoms with van der Waals surface area (Å²) in [5.41, 5.74) is 0. The smallest absolute Gasteiger partial charge is 0.00204 e. The van der Waals surface area contributed by atoms with E-state index in [0.717, 1.165) is 11.8 Å². The van der Waals surface area contributed by atoms with Crippen LogP contribution in [0.25, 0.3) is 0 Å². The largest absolute Gasteiger partial charge is 0.316 e. The molecule has 0 amide bonds. The van der Waals surface area contributed by atoms with Crippen molar-refractivity contribution in [1.29, 1.82) is 0 Å². The second-order valence-corrected chi connectivity index (χ2v) is 3.27. The van der Waals surface area contributed by atoms with Gasteiger partial charge in [-0.1, -0.05) is 20.3 Å². The summed E-state index contributed by atoms with van der Waals surface area (Å²) in [6.45, 7) is 7.09. The van der Waals surface area contributed by atoms with Crippen molar-refractivity contribution < 1.29 is 0 Å². The van der Waals surface area contributed by atoms with Crippen molar-refractivity contribution in [3.05, 3.63) is 0 Å². The minimum absolute atomic E-state index is 0.906. The van der Waals surface area contributed by atoms with Crippen LogP contribution in [0, 0.1) is 11.8 Å². The third kappa shape index (κ3) is 1.98. The summed E-state index contributed by atoms with van der Waals surface area (Å²) in [7, 11) is 0. The third-order valence-electron chi connectivity index (χ3n) is 2.24. The van der Waals surface area contributed by atoms with Gasteiger partial charge in [-0.3, -0.25) is 0 Å². The molecule has 1 N–H and O–H groups in total. The summed E-state index contributed by atoms with van der Waals surface area (Å²) < 4.78 is 0. The topological polar surface area (TPSA) is 12.0 Å². The highest BCUT2D eigenvalue weighted by molar-refractivity contribution is 4.71. The molecule has 0 aromatic rings. The van der Waals surface area contributed by atoms with Gasteiger partial charge in [0.15, 0.2) is 0 Å². The fourth-order valence-electron chi connectivity index (χ4n) is 1.58. The van der Waals surface area contributed by atoms with Crippen molar-refractivity contribution in [2.45, 2.75) is 26.7 Å². The lowest BCUT2D eigenvalue weighted by Gasteiger charge is -2.26. The standard InChI is InChI=1S/C8H17N/c1-3-8-4-7(2)5-9-6-8/h7-9H,3-6H2,1-2H3/t7-,8+/m1/s1. The first-order valence-corrected chi connectivity index (χ1v) is 4.03. The van der Waals surface area contributed by atoms with Crippen LogP contribution in [0.3, 0.4) is 0 Å². The molecule has 54 valence electrons. The SMILES string of the molecule is CC[C@@H]1CNC[C@H](C)C1. The summed E-state index contributed by atoms with van der Waals surface area (Å²) in [6.07, 6.45) is 2.78. The van der Waals surface area contributed by atoms with E-state index >= 15 is 0 Å². The predicted molar refractivity (Wildman–Crippen MR) is 40.4 cm³/mol. The van der Waals surface area contributed by atoms with Gasteiger partial charge in [-0.05, 0) is 31.3 Å². The minimum atomic E-state index is 0.906. The van der Waals surface area contributed by atoms with Crippen molar-refractivity contribution in [3.8, 4) is 0 Å². The van der Waals surface area contributed by atoms with Crippen LogP contribution in [0.1, 0.15) is 26.7 Å². The zero-order valence-electron chi connectivity index (χ0n) is 6.48. The van der Waals surface area contributed by atoms with Crippen LogP contribution in [-0.4, -0.2) is 13.1 Å². The highest BCUT2D eigenvalue weighted by Gasteiger charge is 2.15. The molecular formula is C8H17N. The monoisotopic (exact) mass is 127 g/mol. The van der Waals surface area contributed by atoms with Crippen LogP contribution in [0.5, 0.6) is 0 Å². The third-order valence-corrected chi connectivity index (χ3v) is 2.24. The Morgan fingerprint density at radius 3 is 2.67 bits per heavy atom. The maximum Gasteiger partial charge on any atom is -0.00204 e. The van der Waals surface area contributed by atoms with Crippen LogP contribution in [0.15, 0.2) is 0 Å². The molecule has 0 saturated carbocycles. The molecule has 1 heteroatoms. The Morgan fingerprint density at radius 1 is 1.44 bits per heavy atom. The van der Waals surface area contributed by atoms with Crippen LogP contribution in [-0.2, 0) is 0 Å². The van der Waals surface area contributed by atoms with Gasteiger partial charge in [0, 0.05) is 0 Å². The summed E-state index contributed by atoms with van der Waals surface area (Å²) in [5, 5.41) is 3.44. The van der Waals surface area contributed by atoms with Crippen LogP contribution in [0.2, 0.25) is 0 Å². The van der Waals surface area contributed by atoms with E-state index in [1.807, 2.05) is 0 Å². The molecule has 1 aliphatic rings. The lowest BCUT2D eigenvalue weighted by Crippen LogP contribution is -2.34. The minimum Gasteiger partial charge on any atom is -0.316 e. The maximum atomic E-state index is 3.44. The van der Waals surface area contributed by atoms with E-state index in [-0.39, 0.29) is 0 Å². The quantitative estimate of drug-likeness (QED) is 0.564. The summed E-state index contributed by atoms with van der Waals surface area (Å²) in [6, 6.07) is 0. The van der Waals surface area contributed by atoms with Crippen molar-refractivity contribution >= 4 is 0 Å². The second-order valence-electron chi connectivity index (χ2n) is 3.27. The lowest BCUT2D eigenvalue weighted by molar-refractivity contribution is 0.296. The van der Waals surface area contributed by atoms with Gasteiger partial charge in [-0.25, -0.2) is 0 Å². The summed E-state index contributed by atoms with van der Waals surface area (Å²) >= 11 is 0. The van der Waals surface area contributed by atoms with E-state index in [0.29, 0.717) is 0 Å². The highest BCUT2D eigenvalue weighted by Crippen LogP contribution is 2.17. The number of rotatable bonds is 1. The Kier molecular flexibility index (Phi) is 2.52. The average molecular weight is 127 g/mol. The van der Waals surface area contributed by atoms with Crippen molar-refractivity contribution in [1.82, 2.24) is 5.32 Å². The van der Waals surface area contributed by atoms with Gasteiger partial charge >= 0.3 is 0 Å². The van der Waals surface area contributed by atoms with E-state index in [4.69, 9.17) is 0 Å². The van der Waals surface area contributed by atoms with Crippen molar-refractivity contribution in [2.24, 2.45) is 11.8 Å². The number of nitrogens with one attached hydrogen (secondary N) is 1. The molecule has 0 aliphatic carbocycles. The van der Waals surface area contributed by atoms with E-state index in [1.165, 1.54) is 25.9 Å². The predicted octanol–water partition coefficient (Wildman–Crippen LogP) is 1.64. The molecule has 1 heterocycles. The Bertz CT molecular complexity index is 80.6. The average Bonchev–Trinajstić information content (AvgIpc) is 1.88.